The Balaban J connectivity index is 1.36. The number of anilines is 1. The minimum Gasteiger partial charge on any atom is -0.508 e. The third-order valence-corrected chi connectivity index (χ3v) is 9.85. The van der Waals surface area contributed by atoms with Crippen molar-refractivity contribution in [2.75, 3.05) is 57.8 Å². The minimum atomic E-state index is -0.667. The van der Waals surface area contributed by atoms with Crippen LogP contribution >= 0.6 is 0 Å². The lowest BCUT2D eigenvalue weighted by Crippen LogP contribution is -2.46. The number of carbonyl (C=O) groups is 1. The van der Waals surface area contributed by atoms with Gasteiger partial charge in [-0.25, -0.2) is 4.39 Å². The summed E-state index contributed by atoms with van der Waals surface area (Å²) in [5.74, 6) is 2.20. The van der Waals surface area contributed by atoms with E-state index in [0.717, 1.165) is 38.8 Å². The minimum absolute atomic E-state index is 0.0137. The number of nitrogens with zero attached hydrogens (tertiary/aromatic N) is 6. The van der Waals surface area contributed by atoms with Gasteiger partial charge in [0.05, 0.1) is 17.0 Å². The Labute approximate surface area is 273 Å². The molecule has 0 radical (unpaired) electrons. The molecule has 0 saturated carbocycles. The number of ether oxygens (including phenoxy) is 1. The molecule has 2 N–H and O–H groups in total. The van der Waals surface area contributed by atoms with Crippen LogP contribution in [0.25, 0.3) is 32.9 Å². The zero-order valence-corrected chi connectivity index (χ0v) is 26.5. The highest BCUT2D eigenvalue weighted by Gasteiger charge is 2.45. The first kappa shape index (κ1) is 30.8. The van der Waals surface area contributed by atoms with Crippen molar-refractivity contribution in [3.8, 4) is 35.4 Å². The first-order chi connectivity index (χ1) is 22.8. The van der Waals surface area contributed by atoms with E-state index >= 15 is 4.39 Å². The Morgan fingerprint density at radius 3 is 2.79 bits per heavy atom. The molecular formula is C36H38FN7O3. The van der Waals surface area contributed by atoms with Crippen LogP contribution in [0.4, 0.5) is 10.2 Å². The van der Waals surface area contributed by atoms with Crippen molar-refractivity contribution >= 4 is 33.4 Å². The molecule has 0 aliphatic carbocycles. The van der Waals surface area contributed by atoms with E-state index in [2.05, 4.69) is 37.6 Å². The van der Waals surface area contributed by atoms with Crippen molar-refractivity contribution in [1.29, 1.82) is 0 Å². The molecule has 2 aromatic heterocycles. The molecule has 1 amide bonds. The zero-order chi connectivity index (χ0) is 32.7. The van der Waals surface area contributed by atoms with Gasteiger partial charge in [0.2, 0.25) is 5.91 Å². The maximum Gasteiger partial charge on any atom is 0.319 e. The Morgan fingerprint density at radius 1 is 1.21 bits per heavy atom. The van der Waals surface area contributed by atoms with Gasteiger partial charge >= 0.3 is 6.01 Å². The molecule has 3 aliphatic rings. The van der Waals surface area contributed by atoms with Gasteiger partial charge in [0.25, 0.3) is 0 Å². The summed E-state index contributed by atoms with van der Waals surface area (Å²) in [5, 5.41) is 15.3. The van der Waals surface area contributed by atoms with Crippen LogP contribution in [0.1, 0.15) is 31.2 Å². The number of hydrogen-bond acceptors (Lipinski definition) is 9. The zero-order valence-electron chi connectivity index (χ0n) is 26.5. The van der Waals surface area contributed by atoms with E-state index in [1.807, 2.05) is 18.0 Å². The average molecular weight is 636 g/mol. The molecule has 5 heterocycles. The first-order valence-electron chi connectivity index (χ1n) is 16.1. The number of rotatable bonds is 7. The van der Waals surface area contributed by atoms with Crippen molar-refractivity contribution in [3.63, 3.8) is 0 Å². The highest BCUT2D eigenvalue weighted by atomic mass is 19.1. The van der Waals surface area contributed by atoms with Gasteiger partial charge in [-0.15, -0.1) is 6.42 Å². The third-order valence-electron chi connectivity index (χ3n) is 9.85. The lowest BCUT2D eigenvalue weighted by Gasteiger charge is -2.31. The van der Waals surface area contributed by atoms with E-state index in [0.29, 0.717) is 65.9 Å². The number of halogens is 1. The molecule has 7 rings (SSSR count). The number of phenols is 1. The van der Waals surface area contributed by atoms with Crippen LogP contribution in [0.2, 0.25) is 0 Å². The molecule has 3 fully saturated rings. The number of phenolic OH excluding ortho intramolecular Hbond substituents is 1. The molecule has 3 saturated heterocycles. The summed E-state index contributed by atoms with van der Waals surface area (Å²) in [4.78, 5) is 33.1. The molecule has 1 atom stereocenters. The molecule has 242 valence electrons. The van der Waals surface area contributed by atoms with Crippen LogP contribution in [0.5, 0.6) is 11.8 Å². The number of aromatic hydroxyl groups is 1. The SMILES string of the molecule is C#Cc1cccc2cc(O)cc(-c3ncc4c(N5CCN(C)C[C@H](NC(=O)C=C)C5)nc(OCC56CCCN5CCC6)nc4c3F)c12. The molecular weight excluding hydrogens is 597 g/mol. The Kier molecular flexibility index (Phi) is 8.16. The molecule has 0 bridgehead atoms. The van der Waals surface area contributed by atoms with Gasteiger partial charge in [-0.05, 0) is 75.5 Å². The summed E-state index contributed by atoms with van der Waals surface area (Å²) in [5.41, 5.74) is 0.939. The number of amides is 1. The molecule has 3 aliphatic heterocycles. The summed E-state index contributed by atoms with van der Waals surface area (Å²) in [6.45, 7) is 8.43. The molecule has 0 spiro atoms. The highest BCUT2D eigenvalue weighted by molar-refractivity contribution is 6.02. The van der Waals surface area contributed by atoms with Crippen LogP contribution in [-0.4, -0.2) is 100 Å². The number of carbonyl (C=O) groups excluding carboxylic acids is 1. The smallest absolute Gasteiger partial charge is 0.319 e. The van der Waals surface area contributed by atoms with E-state index in [1.54, 1.807) is 24.4 Å². The number of fused-ring (bicyclic) bond motifs is 3. The molecule has 47 heavy (non-hydrogen) atoms. The van der Waals surface area contributed by atoms with Gasteiger partial charge in [0.15, 0.2) is 5.82 Å². The van der Waals surface area contributed by atoms with Crippen molar-refractivity contribution in [1.82, 2.24) is 30.1 Å². The molecule has 0 unspecified atom stereocenters. The largest absolute Gasteiger partial charge is 0.508 e. The fourth-order valence-electron chi connectivity index (χ4n) is 7.61. The summed E-state index contributed by atoms with van der Waals surface area (Å²) in [6, 6.07) is 8.32. The summed E-state index contributed by atoms with van der Waals surface area (Å²) >= 11 is 0. The standard InChI is InChI=1S/C36H38FN7O3/c1-4-23-9-6-10-24-17-26(45)18-27(30(23)24)32-31(37)33-28(19-38-32)34(43-16-15-42(3)20-25(21-43)39-29(46)5-2)41-35(40-33)47-22-36-11-7-13-44(36)14-8-12-36/h1,5-6,9-10,17-19,25,45H,2,7-8,11-16,20-22H2,3H3,(H,39,46)/t25-/m0/s1. The van der Waals surface area contributed by atoms with Gasteiger partial charge in [-0.1, -0.05) is 24.6 Å². The number of aromatic nitrogens is 3. The number of hydrogen-bond donors (Lipinski definition) is 2. The van der Waals surface area contributed by atoms with Gasteiger partial charge < -0.3 is 25.0 Å². The predicted molar refractivity (Wildman–Crippen MR) is 180 cm³/mol. The highest BCUT2D eigenvalue weighted by Crippen LogP contribution is 2.40. The van der Waals surface area contributed by atoms with E-state index in [4.69, 9.17) is 16.1 Å². The summed E-state index contributed by atoms with van der Waals surface area (Å²) in [6.07, 6.45) is 13.0. The maximum absolute atomic E-state index is 16.9. The van der Waals surface area contributed by atoms with Gasteiger partial charge in [-0.2, -0.15) is 9.97 Å². The van der Waals surface area contributed by atoms with Crippen molar-refractivity contribution in [3.05, 3.63) is 60.6 Å². The van der Waals surface area contributed by atoms with Crippen molar-refractivity contribution in [2.45, 2.75) is 37.3 Å². The Bertz CT molecular complexity index is 1910. The van der Waals surface area contributed by atoms with Gasteiger partial charge in [-0.3, -0.25) is 14.7 Å². The Hall–Kier alpha value is -4.79. The normalized spacial score (nSPS) is 19.8. The molecule has 11 heteroatoms. The van der Waals surface area contributed by atoms with Crippen LogP contribution < -0.4 is 15.0 Å². The Morgan fingerprint density at radius 2 is 2.02 bits per heavy atom. The van der Waals surface area contributed by atoms with Crippen molar-refractivity contribution < 1.29 is 19.0 Å². The fraction of sp³-hybridized carbons (Fsp3) is 0.389. The van der Waals surface area contributed by atoms with Crippen LogP contribution in [0.15, 0.2) is 49.2 Å². The number of nitrogens with one attached hydrogen (secondary N) is 1. The number of likely N-dealkylation sites (N-methyl/N-ethyl adjacent to an activating group) is 1. The number of pyridine rings is 1. The van der Waals surface area contributed by atoms with E-state index in [9.17, 15) is 9.90 Å². The van der Waals surface area contributed by atoms with E-state index in [1.165, 1.54) is 12.1 Å². The number of terminal acetylenes is 1. The lowest BCUT2D eigenvalue weighted by atomic mass is 9.95. The topological polar surface area (TPSA) is 107 Å². The quantitative estimate of drug-likeness (QED) is 0.229. The second kappa shape index (κ2) is 12.4. The predicted octanol–water partition coefficient (Wildman–Crippen LogP) is 4.10. The van der Waals surface area contributed by atoms with Crippen LogP contribution in [0, 0.1) is 18.2 Å². The first-order valence-corrected chi connectivity index (χ1v) is 16.1. The van der Waals surface area contributed by atoms with Gasteiger partial charge in [0.1, 0.15) is 29.4 Å². The average Bonchev–Trinajstić information content (AvgIpc) is 3.60. The van der Waals surface area contributed by atoms with Crippen molar-refractivity contribution in [2.24, 2.45) is 0 Å². The lowest BCUT2D eigenvalue weighted by molar-refractivity contribution is -0.117. The maximum atomic E-state index is 16.9. The second-order valence-corrected chi connectivity index (χ2v) is 12.9. The third kappa shape index (κ3) is 5.72. The van der Waals surface area contributed by atoms with Crippen LogP contribution in [0.3, 0.4) is 0 Å². The summed E-state index contributed by atoms with van der Waals surface area (Å²) in [7, 11) is 2.00. The van der Waals surface area contributed by atoms with E-state index < -0.39 is 5.82 Å². The second-order valence-electron chi connectivity index (χ2n) is 12.9. The number of benzene rings is 2. The summed E-state index contributed by atoms with van der Waals surface area (Å²) < 4.78 is 23.3. The van der Waals surface area contributed by atoms with E-state index in [-0.39, 0.29) is 40.5 Å². The monoisotopic (exact) mass is 635 g/mol. The fourth-order valence-corrected chi connectivity index (χ4v) is 7.61. The molecule has 4 aromatic rings. The van der Waals surface area contributed by atoms with Crippen LogP contribution in [-0.2, 0) is 4.79 Å². The van der Waals surface area contributed by atoms with Gasteiger partial charge in [0, 0.05) is 48.9 Å². The molecule has 10 nitrogen and oxygen atoms in total. The molecule has 2 aromatic carbocycles.